The van der Waals surface area contributed by atoms with Crippen molar-refractivity contribution in [2.45, 2.75) is 31.8 Å². The van der Waals surface area contributed by atoms with Gasteiger partial charge in [0.2, 0.25) is 5.91 Å². The average Bonchev–Trinajstić information content (AvgIpc) is 3.32. The van der Waals surface area contributed by atoms with Crippen molar-refractivity contribution < 1.29 is 13.6 Å². The van der Waals surface area contributed by atoms with Crippen LogP contribution in [0.15, 0.2) is 24.4 Å². The summed E-state index contributed by atoms with van der Waals surface area (Å²) >= 11 is 0. The van der Waals surface area contributed by atoms with Crippen molar-refractivity contribution in [3.63, 3.8) is 0 Å². The van der Waals surface area contributed by atoms with Crippen molar-refractivity contribution in [2.75, 3.05) is 20.1 Å². The van der Waals surface area contributed by atoms with Crippen molar-refractivity contribution in [2.24, 2.45) is 5.92 Å². The highest BCUT2D eigenvalue weighted by Gasteiger charge is 2.45. The van der Waals surface area contributed by atoms with Gasteiger partial charge in [-0.05, 0) is 31.9 Å². The Hall–Kier alpha value is -2.94. The van der Waals surface area contributed by atoms with Crippen LogP contribution in [0.3, 0.4) is 0 Å². The van der Waals surface area contributed by atoms with E-state index in [0.29, 0.717) is 29.2 Å². The summed E-state index contributed by atoms with van der Waals surface area (Å²) in [5.41, 5.74) is 2.21. The second-order valence-electron chi connectivity index (χ2n) is 8.13. The number of hydrogen-bond acceptors (Lipinski definition) is 5. The molecule has 2 aliphatic heterocycles. The molecule has 5 rings (SSSR count). The lowest BCUT2D eigenvalue weighted by atomic mass is 9.80. The van der Waals surface area contributed by atoms with Crippen LogP contribution in [-0.2, 0) is 11.3 Å². The standard InChI is InChI=1S/C21H22F2N6O/c1-11-26-19-20(29(11)9-12-3-4-13(22)7-16(12)23)27-17(8-25-19)15-10-28(2)21(30)18-14(15)5-6-24-18/h3-4,7-8,14-15,18,24H,5-6,9-10H2,1-2H3. The number of hydrogen-bond donors (Lipinski definition) is 1. The highest BCUT2D eigenvalue weighted by Crippen LogP contribution is 2.37. The van der Waals surface area contributed by atoms with Gasteiger partial charge in [-0.1, -0.05) is 6.07 Å². The molecule has 2 saturated heterocycles. The molecular formula is C21H22F2N6O. The third-order valence-corrected chi connectivity index (χ3v) is 6.29. The molecule has 0 spiro atoms. The molecule has 0 saturated carbocycles. The van der Waals surface area contributed by atoms with Crippen molar-refractivity contribution in [3.8, 4) is 0 Å². The van der Waals surface area contributed by atoms with Gasteiger partial charge in [0.05, 0.1) is 24.5 Å². The van der Waals surface area contributed by atoms with Crippen LogP contribution in [0.1, 0.15) is 29.4 Å². The lowest BCUT2D eigenvalue weighted by Gasteiger charge is -2.37. The fourth-order valence-electron chi connectivity index (χ4n) is 4.70. The summed E-state index contributed by atoms with van der Waals surface area (Å²) in [6.45, 7) is 3.39. The molecule has 1 N–H and O–H groups in total. The molecule has 4 heterocycles. The molecule has 2 aliphatic rings. The maximum absolute atomic E-state index is 14.2. The SMILES string of the molecule is Cc1nc2ncc(C3CN(C)C(=O)C4NCCC43)nc2n1Cc1ccc(F)cc1F. The molecule has 1 aromatic carbocycles. The summed E-state index contributed by atoms with van der Waals surface area (Å²) in [6, 6.07) is 3.37. The predicted octanol–water partition coefficient (Wildman–Crippen LogP) is 1.99. The molecule has 7 nitrogen and oxygen atoms in total. The fourth-order valence-corrected chi connectivity index (χ4v) is 4.70. The van der Waals surface area contributed by atoms with E-state index in [4.69, 9.17) is 4.98 Å². The molecule has 2 aromatic heterocycles. The zero-order valence-electron chi connectivity index (χ0n) is 16.8. The number of likely N-dealkylation sites (tertiary alicyclic amines) is 1. The van der Waals surface area contributed by atoms with Gasteiger partial charge in [0.15, 0.2) is 11.3 Å². The number of halogens is 2. The Morgan fingerprint density at radius 2 is 2.10 bits per heavy atom. The summed E-state index contributed by atoms with van der Waals surface area (Å²) in [5.74, 6) is -0.199. The topological polar surface area (TPSA) is 75.9 Å². The molecule has 0 aliphatic carbocycles. The molecular weight excluding hydrogens is 390 g/mol. The number of aromatic nitrogens is 4. The molecule has 2 fully saturated rings. The van der Waals surface area contributed by atoms with Gasteiger partial charge in [-0.2, -0.15) is 0 Å². The molecule has 3 unspecified atom stereocenters. The first-order valence-corrected chi connectivity index (χ1v) is 10.0. The number of fused-ring (bicyclic) bond motifs is 2. The minimum absolute atomic E-state index is 0.0656. The number of likely N-dealkylation sites (N-methyl/N-ethyl adjacent to an activating group) is 1. The molecule has 0 radical (unpaired) electrons. The van der Waals surface area contributed by atoms with E-state index in [1.807, 2.05) is 14.0 Å². The molecule has 0 bridgehead atoms. The van der Waals surface area contributed by atoms with Gasteiger partial charge in [-0.25, -0.2) is 23.7 Å². The van der Waals surface area contributed by atoms with E-state index in [-0.39, 0.29) is 30.3 Å². The first-order valence-electron chi connectivity index (χ1n) is 10.0. The van der Waals surface area contributed by atoms with Crippen LogP contribution in [0.4, 0.5) is 8.78 Å². The number of rotatable bonds is 3. The monoisotopic (exact) mass is 412 g/mol. The summed E-state index contributed by atoms with van der Waals surface area (Å²) in [4.78, 5) is 28.0. The second-order valence-corrected chi connectivity index (χ2v) is 8.13. The highest BCUT2D eigenvalue weighted by molar-refractivity contribution is 5.83. The van der Waals surface area contributed by atoms with Crippen LogP contribution < -0.4 is 5.32 Å². The number of imidazole rings is 1. The molecule has 3 aromatic rings. The Morgan fingerprint density at radius 1 is 1.27 bits per heavy atom. The minimum atomic E-state index is -0.610. The zero-order valence-corrected chi connectivity index (χ0v) is 16.8. The molecule has 9 heteroatoms. The first kappa shape index (κ1) is 19.0. The smallest absolute Gasteiger partial charge is 0.239 e. The summed E-state index contributed by atoms with van der Waals surface area (Å²) in [7, 11) is 1.81. The largest absolute Gasteiger partial charge is 0.344 e. The van der Waals surface area contributed by atoms with Crippen molar-refractivity contribution in [1.82, 2.24) is 29.7 Å². The molecule has 3 atom stereocenters. The number of amides is 1. The van der Waals surface area contributed by atoms with Crippen LogP contribution in [0, 0.1) is 24.5 Å². The lowest BCUT2D eigenvalue weighted by Crippen LogP contribution is -2.53. The summed E-state index contributed by atoms with van der Waals surface area (Å²) in [6.07, 6.45) is 2.65. The second kappa shape index (κ2) is 7.09. The number of benzene rings is 1. The van der Waals surface area contributed by atoms with Gasteiger partial charge in [-0.15, -0.1) is 0 Å². The fraction of sp³-hybridized carbons (Fsp3) is 0.429. The first-order chi connectivity index (χ1) is 14.4. The number of carbonyl (C=O) groups is 1. The highest BCUT2D eigenvalue weighted by atomic mass is 19.1. The van der Waals surface area contributed by atoms with E-state index >= 15 is 0 Å². The van der Waals surface area contributed by atoms with Crippen LogP contribution in [-0.4, -0.2) is 56.5 Å². The van der Waals surface area contributed by atoms with Crippen molar-refractivity contribution in [3.05, 3.63) is 53.1 Å². The van der Waals surface area contributed by atoms with Crippen LogP contribution >= 0.6 is 0 Å². The normalized spacial score (nSPS) is 23.9. The summed E-state index contributed by atoms with van der Waals surface area (Å²) < 4.78 is 29.3. The molecule has 156 valence electrons. The number of nitrogens with zero attached hydrogens (tertiary/aromatic N) is 5. The number of piperidine rings is 1. The van der Waals surface area contributed by atoms with Crippen LogP contribution in [0.2, 0.25) is 0 Å². The Bertz CT molecular complexity index is 1150. The lowest BCUT2D eigenvalue weighted by molar-refractivity contribution is -0.136. The van der Waals surface area contributed by atoms with Crippen LogP contribution in [0.25, 0.3) is 11.3 Å². The quantitative estimate of drug-likeness (QED) is 0.712. The van der Waals surface area contributed by atoms with E-state index in [1.54, 1.807) is 15.7 Å². The Balaban J connectivity index is 1.54. The van der Waals surface area contributed by atoms with Gasteiger partial charge in [0.1, 0.15) is 17.5 Å². The van der Waals surface area contributed by atoms with E-state index in [0.717, 1.165) is 24.7 Å². The van der Waals surface area contributed by atoms with Crippen LogP contribution in [0.5, 0.6) is 0 Å². The van der Waals surface area contributed by atoms with Gasteiger partial charge < -0.3 is 14.8 Å². The van der Waals surface area contributed by atoms with Gasteiger partial charge in [0, 0.05) is 31.1 Å². The van der Waals surface area contributed by atoms with Gasteiger partial charge >= 0.3 is 0 Å². The third kappa shape index (κ3) is 3.04. The Kier molecular flexibility index (Phi) is 4.50. The third-order valence-electron chi connectivity index (χ3n) is 6.29. The number of nitrogens with one attached hydrogen (secondary N) is 1. The average molecular weight is 412 g/mol. The van der Waals surface area contributed by atoms with Crippen molar-refractivity contribution >= 4 is 17.2 Å². The van der Waals surface area contributed by atoms with E-state index < -0.39 is 11.6 Å². The number of carbonyl (C=O) groups excluding carboxylic acids is 1. The Labute approximate surface area is 172 Å². The van der Waals surface area contributed by atoms with E-state index in [1.165, 1.54) is 12.1 Å². The predicted molar refractivity (Wildman–Crippen MR) is 106 cm³/mol. The Morgan fingerprint density at radius 3 is 2.90 bits per heavy atom. The number of aryl methyl sites for hydroxylation is 1. The minimum Gasteiger partial charge on any atom is -0.344 e. The zero-order chi connectivity index (χ0) is 21.0. The van der Waals surface area contributed by atoms with E-state index in [9.17, 15) is 13.6 Å². The summed E-state index contributed by atoms with van der Waals surface area (Å²) in [5, 5.41) is 3.31. The van der Waals surface area contributed by atoms with Gasteiger partial charge in [-0.3, -0.25) is 4.79 Å². The van der Waals surface area contributed by atoms with Crippen molar-refractivity contribution in [1.29, 1.82) is 0 Å². The van der Waals surface area contributed by atoms with E-state index in [2.05, 4.69) is 15.3 Å². The maximum atomic E-state index is 14.2. The molecule has 1 amide bonds. The van der Waals surface area contributed by atoms with Gasteiger partial charge in [0.25, 0.3) is 0 Å². The maximum Gasteiger partial charge on any atom is 0.239 e. The molecule has 30 heavy (non-hydrogen) atoms.